The molecule has 0 aromatic heterocycles. The molecule has 0 N–H and O–H groups in total. The summed E-state index contributed by atoms with van der Waals surface area (Å²) in [5, 5.41) is 0. The summed E-state index contributed by atoms with van der Waals surface area (Å²) in [7, 11) is 0. The van der Waals surface area contributed by atoms with Crippen LogP contribution in [0.4, 0.5) is 74.6 Å². The monoisotopic (exact) mass is 516 g/mol. The standard InChI is InChI=1S/C13H5F17O2/c1-3(2)4(31)32-13(29,30)8(19,20)5(14)6(15,16)9(21,22)11(25,26)12(27,28)10(23,24)7(5,17)18/h1H2,2H3. The topological polar surface area (TPSA) is 26.3 Å². The average molecular weight is 516 g/mol. The maximum Gasteiger partial charge on any atom is 0.470 e. The van der Waals surface area contributed by atoms with Crippen LogP contribution in [-0.4, -0.2) is 59.2 Å². The van der Waals surface area contributed by atoms with Crippen molar-refractivity contribution in [2.75, 3.05) is 0 Å². The molecule has 0 bridgehead atoms. The van der Waals surface area contributed by atoms with Crippen molar-refractivity contribution in [3.05, 3.63) is 12.2 Å². The first-order chi connectivity index (χ1) is 13.6. The number of carbonyl (C=O) groups excluding carboxylic acids is 1. The first-order valence-electron chi connectivity index (χ1n) is 7.18. The van der Waals surface area contributed by atoms with Gasteiger partial charge in [0, 0.05) is 5.57 Å². The van der Waals surface area contributed by atoms with Crippen LogP contribution in [0.1, 0.15) is 6.92 Å². The van der Waals surface area contributed by atoms with Crippen LogP contribution in [0, 0.1) is 0 Å². The smallest absolute Gasteiger partial charge is 0.393 e. The van der Waals surface area contributed by atoms with E-state index in [1.807, 2.05) is 0 Å². The molecule has 0 atom stereocenters. The lowest BCUT2D eigenvalue weighted by Gasteiger charge is -2.45. The van der Waals surface area contributed by atoms with Gasteiger partial charge in [0.2, 0.25) is 0 Å². The van der Waals surface area contributed by atoms with Crippen LogP contribution in [0.5, 0.6) is 0 Å². The van der Waals surface area contributed by atoms with E-state index >= 15 is 0 Å². The summed E-state index contributed by atoms with van der Waals surface area (Å²) >= 11 is 0. The van der Waals surface area contributed by atoms with Gasteiger partial charge in [-0.15, -0.1) is 0 Å². The van der Waals surface area contributed by atoms with Crippen molar-refractivity contribution in [3.63, 3.8) is 0 Å². The largest absolute Gasteiger partial charge is 0.470 e. The Kier molecular flexibility index (Phi) is 5.73. The Labute approximate surface area is 164 Å². The molecule has 0 aliphatic heterocycles. The molecule has 0 amide bonds. The first kappa shape index (κ1) is 28.1. The van der Waals surface area contributed by atoms with Gasteiger partial charge < -0.3 is 4.74 Å². The van der Waals surface area contributed by atoms with Gasteiger partial charge in [0.05, 0.1) is 0 Å². The number of hydrogen-bond donors (Lipinski definition) is 0. The number of alkyl halides is 17. The van der Waals surface area contributed by atoms with Crippen LogP contribution < -0.4 is 0 Å². The van der Waals surface area contributed by atoms with Gasteiger partial charge in [0.15, 0.2) is 0 Å². The molecule has 0 saturated heterocycles. The molecule has 0 unspecified atom stereocenters. The maximum atomic E-state index is 14.4. The quantitative estimate of drug-likeness (QED) is 0.203. The first-order valence-corrected chi connectivity index (χ1v) is 7.18. The van der Waals surface area contributed by atoms with Gasteiger partial charge in [-0.25, -0.2) is 9.18 Å². The third-order valence-electron chi connectivity index (χ3n) is 4.20. The molecule has 19 heteroatoms. The fourth-order valence-corrected chi connectivity index (χ4v) is 2.28. The minimum atomic E-state index is -8.93. The van der Waals surface area contributed by atoms with E-state index in [1.54, 1.807) is 0 Å². The molecule has 0 aromatic carbocycles. The summed E-state index contributed by atoms with van der Waals surface area (Å²) in [6.07, 6.45) is -7.52. The second-order valence-corrected chi connectivity index (χ2v) is 6.37. The number of ether oxygens (including phenoxy) is 1. The van der Waals surface area contributed by atoms with Crippen LogP contribution in [-0.2, 0) is 9.53 Å². The number of halogens is 17. The Morgan fingerprint density at radius 3 is 1.12 bits per heavy atom. The molecular weight excluding hydrogens is 511 g/mol. The average Bonchev–Trinajstić information content (AvgIpc) is 2.58. The highest BCUT2D eigenvalue weighted by Crippen LogP contribution is 2.73. The van der Waals surface area contributed by atoms with Crippen LogP contribution in [0.2, 0.25) is 0 Å². The highest BCUT2D eigenvalue weighted by molar-refractivity contribution is 5.87. The van der Waals surface area contributed by atoms with Crippen molar-refractivity contribution < 1.29 is 84.2 Å². The zero-order chi connectivity index (χ0) is 26.4. The van der Waals surface area contributed by atoms with Gasteiger partial charge in [0.25, 0.3) is 0 Å². The van der Waals surface area contributed by atoms with Gasteiger partial charge in [-0.05, 0) is 6.92 Å². The van der Waals surface area contributed by atoms with E-state index < -0.39 is 64.8 Å². The molecule has 1 rings (SSSR count). The second kappa shape index (κ2) is 6.54. The molecule has 1 aliphatic carbocycles. The van der Waals surface area contributed by atoms with Gasteiger partial charge in [-0.2, -0.15) is 70.2 Å². The van der Waals surface area contributed by atoms with E-state index in [2.05, 4.69) is 11.3 Å². The van der Waals surface area contributed by atoms with E-state index in [9.17, 15) is 79.4 Å². The molecule has 0 heterocycles. The number of hydrogen-bond acceptors (Lipinski definition) is 2. The molecular formula is C13H5F17O2. The van der Waals surface area contributed by atoms with E-state index in [-0.39, 0.29) is 0 Å². The van der Waals surface area contributed by atoms with Crippen LogP contribution in [0.3, 0.4) is 0 Å². The molecule has 1 saturated carbocycles. The fourth-order valence-electron chi connectivity index (χ4n) is 2.28. The normalized spacial score (nSPS) is 27.2. The number of rotatable bonds is 4. The van der Waals surface area contributed by atoms with E-state index in [4.69, 9.17) is 0 Å². The molecule has 1 aliphatic rings. The number of carbonyl (C=O) groups is 1. The molecule has 0 spiro atoms. The Balaban J connectivity index is 4.19. The Hall–Kier alpha value is -1.98. The summed E-state index contributed by atoms with van der Waals surface area (Å²) in [4.78, 5) is 10.9. The van der Waals surface area contributed by atoms with Crippen molar-refractivity contribution >= 4 is 5.97 Å². The molecule has 188 valence electrons. The summed E-state index contributed by atoms with van der Waals surface area (Å²) in [6.45, 7) is 2.75. The number of esters is 1. The summed E-state index contributed by atoms with van der Waals surface area (Å²) < 4.78 is 233. The van der Waals surface area contributed by atoms with Gasteiger partial charge in [0.1, 0.15) is 0 Å². The van der Waals surface area contributed by atoms with Gasteiger partial charge >= 0.3 is 59.2 Å². The SMILES string of the molecule is C=C(C)C(=O)OC(F)(F)C(F)(F)C1(F)C(F)(F)C(F)(F)C(F)(F)C(F)(F)C(F)(F)C1(F)F. The second-order valence-electron chi connectivity index (χ2n) is 6.37. The third-order valence-corrected chi connectivity index (χ3v) is 4.20. The zero-order valence-electron chi connectivity index (χ0n) is 14.4. The van der Waals surface area contributed by atoms with Gasteiger partial charge in [-0.1, -0.05) is 6.58 Å². The molecule has 0 radical (unpaired) electrons. The van der Waals surface area contributed by atoms with E-state index in [0.717, 1.165) is 0 Å². The lowest BCUT2D eigenvalue weighted by atomic mass is 9.79. The van der Waals surface area contributed by atoms with Crippen molar-refractivity contribution in [2.24, 2.45) is 0 Å². The molecule has 32 heavy (non-hydrogen) atoms. The molecule has 0 aromatic rings. The predicted molar refractivity (Wildman–Crippen MR) is 64.3 cm³/mol. The van der Waals surface area contributed by atoms with Gasteiger partial charge in [-0.3, -0.25) is 0 Å². The van der Waals surface area contributed by atoms with Crippen molar-refractivity contribution in [1.82, 2.24) is 0 Å². The summed E-state index contributed by atoms with van der Waals surface area (Å²) in [6, 6.07) is 0. The highest BCUT2D eigenvalue weighted by Gasteiger charge is 3.07. The van der Waals surface area contributed by atoms with Crippen molar-refractivity contribution in [3.8, 4) is 0 Å². The maximum absolute atomic E-state index is 14.4. The molecule has 2 nitrogen and oxygen atoms in total. The lowest BCUT2D eigenvalue weighted by Crippen LogP contribution is -2.78. The minimum Gasteiger partial charge on any atom is -0.393 e. The fraction of sp³-hybridized carbons (Fsp3) is 0.769. The summed E-state index contributed by atoms with van der Waals surface area (Å²) in [5.41, 5.74) is -10.3. The Morgan fingerprint density at radius 2 is 0.875 bits per heavy atom. The van der Waals surface area contributed by atoms with E-state index in [1.165, 1.54) is 0 Å². The summed E-state index contributed by atoms with van der Waals surface area (Å²) in [5.74, 6) is -63.0. The Morgan fingerprint density at radius 1 is 0.625 bits per heavy atom. The predicted octanol–water partition coefficient (Wildman–Crippen LogP) is 5.87. The van der Waals surface area contributed by atoms with Crippen LogP contribution in [0.25, 0.3) is 0 Å². The van der Waals surface area contributed by atoms with Crippen LogP contribution >= 0.6 is 0 Å². The van der Waals surface area contributed by atoms with Crippen molar-refractivity contribution in [2.45, 2.75) is 60.2 Å². The zero-order valence-corrected chi connectivity index (χ0v) is 14.4. The molecule has 1 fully saturated rings. The van der Waals surface area contributed by atoms with E-state index in [0.29, 0.717) is 6.92 Å². The minimum absolute atomic E-state index is 0.319. The lowest BCUT2D eigenvalue weighted by molar-refractivity contribution is -0.455. The third kappa shape index (κ3) is 2.64. The Bertz CT molecular complexity index is 773. The highest BCUT2D eigenvalue weighted by atomic mass is 19.4. The van der Waals surface area contributed by atoms with Crippen LogP contribution in [0.15, 0.2) is 12.2 Å². The van der Waals surface area contributed by atoms with Crippen molar-refractivity contribution in [1.29, 1.82) is 0 Å².